The zero-order valence-corrected chi connectivity index (χ0v) is 6.90. The predicted molar refractivity (Wildman–Crippen MR) is 42.1 cm³/mol. The van der Waals surface area contributed by atoms with Crippen LogP contribution in [-0.4, -0.2) is 41.9 Å². The molecule has 2 aliphatic rings. The highest BCUT2D eigenvalue weighted by molar-refractivity contribution is 5.65. The SMILES string of the molecule is O=C(O)N1CC2CCOC(C2)C1. The van der Waals surface area contributed by atoms with Crippen molar-refractivity contribution in [1.82, 2.24) is 4.90 Å². The van der Waals surface area contributed by atoms with Crippen LogP contribution in [0.4, 0.5) is 4.79 Å². The molecule has 2 atom stereocenters. The van der Waals surface area contributed by atoms with E-state index in [1.165, 1.54) is 4.90 Å². The Morgan fingerprint density at radius 3 is 3.00 bits per heavy atom. The number of hydrogen-bond acceptors (Lipinski definition) is 2. The first-order valence-corrected chi connectivity index (χ1v) is 4.35. The number of piperidine rings is 1. The van der Waals surface area contributed by atoms with Crippen LogP contribution in [0.1, 0.15) is 12.8 Å². The summed E-state index contributed by atoms with van der Waals surface area (Å²) in [4.78, 5) is 12.1. The van der Waals surface area contributed by atoms with Crippen molar-refractivity contribution in [2.24, 2.45) is 5.92 Å². The number of rotatable bonds is 0. The minimum absolute atomic E-state index is 0.161. The molecule has 2 unspecified atom stereocenters. The van der Waals surface area contributed by atoms with Crippen LogP contribution in [-0.2, 0) is 4.74 Å². The molecule has 4 heteroatoms. The molecular formula is C8H13NO3. The minimum Gasteiger partial charge on any atom is -0.465 e. The van der Waals surface area contributed by atoms with Gasteiger partial charge in [-0.15, -0.1) is 0 Å². The summed E-state index contributed by atoms with van der Waals surface area (Å²) < 4.78 is 5.42. The van der Waals surface area contributed by atoms with Crippen molar-refractivity contribution in [2.45, 2.75) is 18.9 Å². The van der Waals surface area contributed by atoms with Gasteiger partial charge < -0.3 is 14.7 Å². The number of carboxylic acid groups (broad SMARTS) is 1. The molecule has 4 nitrogen and oxygen atoms in total. The van der Waals surface area contributed by atoms with E-state index in [1.54, 1.807) is 0 Å². The zero-order valence-electron chi connectivity index (χ0n) is 6.90. The fraction of sp³-hybridized carbons (Fsp3) is 0.875. The maximum atomic E-state index is 10.7. The topological polar surface area (TPSA) is 49.8 Å². The molecule has 0 aromatic carbocycles. The molecule has 0 aromatic rings. The van der Waals surface area contributed by atoms with Crippen molar-refractivity contribution in [3.63, 3.8) is 0 Å². The van der Waals surface area contributed by atoms with Crippen LogP contribution in [0.25, 0.3) is 0 Å². The van der Waals surface area contributed by atoms with E-state index in [-0.39, 0.29) is 6.10 Å². The lowest BCUT2D eigenvalue weighted by Crippen LogP contribution is -2.49. The number of carbonyl (C=O) groups is 1. The molecule has 1 N–H and O–H groups in total. The summed E-state index contributed by atoms with van der Waals surface area (Å²) >= 11 is 0. The minimum atomic E-state index is -0.810. The van der Waals surface area contributed by atoms with E-state index < -0.39 is 6.09 Å². The summed E-state index contributed by atoms with van der Waals surface area (Å²) in [6, 6.07) is 0. The second kappa shape index (κ2) is 2.94. The molecule has 2 saturated heterocycles. The van der Waals surface area contributed by atoms with Crippen LogP contribution in [0.5, 0.6) is 0 Å². The maximum Gasteiger partial charge on any atom is 0.407 e. The molecule has 2 rings (SSSR count). The largest absolute Gasteiger partial charge is 0.465 e. The zero-order chi connectivity index (χ0) is 8.55. The van der Waals surface area contributed by atoms with Crippen molar-refractivity contribution in [3.05, 3.63) is 0 Å². The fourth-order valence-electron chi connectivity index (χ4n) is 2.04. The second-order valence-electron chi connectivity index (χ2n) is 3.57. The summed E-state index contributed by atoms with van der Waals surface area (Å²) in [5, 5.41) is 8.76. The lowest BCUT2D eigenvalue weighted by atomic mass is 9.91. The Morgan fingerprint density at radius 1 is 1.50 bits per heavy atom. The first kappa shape index (κ1) is 7.86. The number of likely N-dealkylation sites (tertiary alicyclic amines) is 1. The Balaban J connectivity index is 2.00. The molecule has 1 amide bonds. The summed E-state index contributed by atoms with van der Waals surface area (Å²) in [5.74, 6) is 0.536. The van der Waals surface area contributed by atoms with Gasteiger partial charge >= 0.3 is 6.09 Å². The van der Waals surface area contributed by atoms with Gasteiger partial charge in [0.1, 0.15) is 0 Å². The Bertz CT molecular complexity index is 183. The van der Waals surface area contributed by atoms with E-state index in [4.69, 9.17) is 9.84 Å². The molecule has 12 heavy (non-hydrogen) atoms. The first-order valence-electron chi connectivity index (χ1n) is 4.35. The normalized spacial score (nSPS) is 34.8. The molecule has 2 fully saturated rings. The summed E-state index contributed by atoms with van der Waals surface area (Å²) in [6.45, 7) is 2.07. The van der Waals surface area contributed by atoms with Crippen LogP contribution in [0.15, 0.2) is 0 Å². The molecule has 0 saturated carbocycles. The van der Waals surface area contributed by atoms with E-state index >= 15 is 0 Å². The van der Waals surface area contributed by atoms with Gasteiger partial charge in [0.25, 0.3) is 0 Å². The predicted octanol–water partition coefficient (Wildman–Crippen LogP) is 0.775. The van der Waals surface area contributed by atoms with Gasteiger partial charge in [-0.3, -0.25) is 0 Å². The molecule has 68 valence electrons. The van der Waals surface area contributed by atoms with Crippen LogP contribution >= 0.6 is 0 Å². The molecule has 2 bridgehead atoms. The molecule has 0 aromatic heterocycles. The number of hydrogen-bond donors (Lipinski definition) is 1. The lowest BCUT2D eigenvalue weighted by molar-refractivity contribution is -0.0583. The Kier molecular flexibility index (Phi) is 1.92. The molecule has 2 heterocycles. The van der Waals surface area contributed by atoms with Gasteiger partial charge in [-0.2, -0.15) is 0 Å². The monoisotopic (exact) mass is 171 g/mol. The van der Waals surface area contributed by atoms with Gasteiger partial charge in [-0.05, 0) is 18.8 Å². The van der Waals surface area contributed by atoms with Crippen LogP contribution in [0.2, 0.25) is 0 Å². The fourth-order valence-corrected chi connectivity index (χ4v) is 2.04. The standard InChI is InChI=1S/C8H13NO3/c10-8(11)9-4-6-1-2-12-7(3-6)5-9/h6-7H,1-5H2,(H,10,11). The van der Waals surface area contributed by atoms with E-state index in [0.29, 0.717) is 19.0 Å². The number of nitrogens with zero attached hydrogens (tertiary/aromatic N) is 1. The maximum absolute atomic E-state index is 10.7. The van der Waals surface area contributed by atoms with Gasteiger partial charge in [0.05, 0.1) is 12.6 Å². The number of amides is 1. The van der Waals surface area contributed by atoms with Crippen molar-refractivity contribution < 1.29 is 14.6 Å². The highest BCUT2D eigenvalue weighted by atomic mass is 16.5. The number of fused-ring (bicyclic) bond motifs is 2. The highest BCUT2D eigenvalue weighted by Gasteiger charge is 2.33. The molecular weight excluding hydrogens is 158 g/mol. The highest BCUT2D eigenvalue weighted by Crippen LogP contribution is 2.26. The Labute approximate surface area is 71.1 Å². The van der Waals surface area contributed by atoms with Gasteiger partial charge in [0.2, 0.25) is 0 Å². The summed E-state index contributed by atoms with van der Waals surface area (Å²) in [7, 11) is 0. The van der Waals surface area contributed by atoms with E-state index in [2.05, 4.69) is 0 Å². The summed E-state index contributed by atoms with van der Waals surface area (Å²) in [6.07, 6.45) is 1.41. The van der Waals surface area contributed by atoms with Crippen LogP contribution < -0.4 is 0 Å². The van der Waals surface area contributed by atoms with Crippen molar-refractivity contribution in [2.75, 3.05) is 19.7 Å². The molecule has 0 spiro atoms. The van der Waals surface area contributed by atoms with Gasteiger partial charge in [-0.25, -0.2) is 4.79 Å². The lowest BCUT2D eigenvalue weighted by Gasteiger charge is -2.39. The van der Waals surface area contributed by atoms with E-state index in [0.717, 1.165) is 19.4 Å². The third kappa shape index (κ3) is 1.39. The van der Waals surface area contributed by atoms with E-state index in [1.807, 2.05) is 0 Å². The third-order valence-corrected chi connectivity index (χ3v) is 2.65. The quantitative estimate of drug-likeness (QED) is 0.585. The smallest absolute Gasteiger partial charge is 0.407 e. The van der Waals surface area contributed by atoms with Crippen molar-refractivity contribution in [3.8, 4) is 0 Å². The Hall–Kier alpha value is -0.770. The van der Waals surface area contributed by atoms with Gasteiger partial charge in [0, 0.05) is 13.2 Å². The summed E-state index contributed by atoms with van der Waals surface area (Å²) in [5.41, 5.74) is 0. The molecule has 0 aliphatic carbocycles. The average molecular weight is 171 g/mol. The number of ether oxygens (including phenoxy) is 1. The van der Waals surface area contributed by atoms with Crippen LogP contribution in [0.3, 0.4) is 0 Å². The van der Waals surface area contributed by atoms with Gasteiger partial charge in [-0.1, -0.05) is 0 Å². The van der Waals surface area contributed by atoms with E-state index in [9.17, 15) is 4.79 Å². The third-order valence-electron chi connectivity index (χ3n) is 2.65. The Morgan fingerprint density at radius 2 is 2.33 bits per heavy atom. The van der Waals surface area contributed by atoms with Crippen molar-refractivity contribution >= 4 is 6.09 Å². The first-order chi connectivity index (χ1) is 5.75. The van der Waals surface area contributed by atoms with Crippen molar-refractivity contribution in [1.29, 1.82) is 0 Å². The second-order valence-corrected chi connectivity index (χ2v) is 3.57. The van der Waals surface area contributed by atoms with Crippen LogP contribution in [0, 0.1) is 5.92 Å². The molecule has 2 aliphatic heterocycles. The average Bonchev–Trinajstić information content (AvgIpc) is 2.03. The molecule has 0 radical (unpaired) electrons. The van der Waals surface area contributed by atoms with Gasteiger partial charge in [0.15, 0.2) is 0 Å².